The minimum absolute atomic E-state index is 0.820. The molecule has 2 unspecified atom stereocenters. The standard InChI is InChI=1S/C12H24N2/c1-3-12-7-4-10(2)14(12)9-8-13-11-5-6-11/h10-13H,3-9H2,1-2H3. The Hall–Kier alpha value is -0.0800. The van der Waals surface area contributed by atoms with Crippen molar-refractivity contribution in [2.45, 2.75) is 64.1 Å². The number of nitrogens with one attached hydrogen (secondary N) is 1. The third-order valence-corrected chi connectivity index (χ3v) is 3.80. The summed E-state index contributed by atoms with van der Waals surface area (Å²) >= 11 is 0. The minimum atomic E-state index is 0.820. The average molecular weight is 196 g/mol. The zero-order valence-electron chi connectivity index (χ0n) is 9.63. The second kappa shape index (κ2) is 4.63. The first-order chi connectivity index (χ1) is 6.81. The lowest BCUT2D eigenvalue weighted by Crippen LogP contribution is -2.39. The fraction of sp³-hybridized carbons (Fsp3) is 1.00. The molecule has 1 saturated heterocycles. The van der Waals surface area contributed by atoms with Gasteiger partial charge in [0.2, 0.25) is 0 Å². The first kappa shape index (κ1) is 10.4. The zero-order valence-corrected chi connectivity index (χ0v) is 9.63. The van der Waals surface area contributed by atoms with Crippen LogP contribution in [0.25, 0.3) is 0 Å². The van der Waals surface area contributed by atoms with Gasteiger partial charge in [0, 0.05) is 31.2 Å². The lowest BCUT2D eigenvalue weighted by Gasteiger charge is -2.27. The van der Waals surface area contributed by atoms with Gasteiger partial charge in [-0.15, -0.1) is 0 Å². The quantitative estimate of drug-likeness (QED) is 0.723. The molecule has 2 atom stereocenters. The van der Waals surface area contributed by atoms with Crippen LogP contribution in [0.4, 0.5) is 0 Å². The summed E-state index contributed by atoms with van der Waals surface area (Å²) in [6.07, 6.45) is 6.97. The van der Waals surface area contributed by atoms with E-state index in [9.17, 15) is 0 Å². The second-order valence-electron chi connectivity index (χ2n) is 4.95. The van der Waals surface area contributed by atoms with Crippen molar-refractivity contribution in [3.8, 4) is 0 Å². The molecule has 2 nitrogen and oxygen atoms in total. The monoisotopic (exact) mass is 196 g/mol. The molecule has 0 amide bonds. The Morgan fingerprint density at radius 1 is 1.21 bits per heavy atom. The van der Waals surface area contributed by atoms with Gasteiger partial charge in [-0.1, -0.05) is 6.92 Å². The van der Waals surface area contributed by atoms with Gasteiger partial charge in [-0.25, -0.2) is 0 Å². The van der Waals surface area contributed by atoms with Gasteiger partial charge < -0.3 is 5.32 Å². The van der Waals surface area contributed by atoms with Gasteiger partial charge in [-0.3, -0.25) is 4.90 Å². The van der Waals surface area contributed by atoms with Crippen molar-refractivity contribution in [3.05, 3.63) is 0 Å². The Morgan fingerprint density at radius 3 is 2.64 bits per heavy atom. The van der Waals surface area contributed by atoms with Gasteiger partial charge in [0.25, 0.3) is 0 Å². The third-order valence-electron chi connectivity index (χ3n) is 3.80. The molecular formula is C12H24N2. The predicted molar refractivity (Wildman–Crippen MR) is 60.5 cm³/mol. The Labute approximate surface area is 88.1 Å². The highest BCUT2D eigenvalue weighted by Gasteiger charge is 2.29. The van der Waals surface area contributed by atoms with Crippen molar-refractivity contribution in [1.29, 1.82) is 0 Å². The van der Waals surface area contributed by atoms with Crippen molar-refractivity contribution in [3.63, 3.8) is 0 Å². The van der Waals surface area contributed by atoms with Crippen molar-refractivity contribution < 1.29 is 0 Å². The first-order valence-electron chi connectivity index (χ1n) is 6.30. The summed E-state index contributed by atoms with van der Waals surface area (Å²) in [5.41, 5.74) is 0. The van der Waals surface area contributed by atoms with E-state index in [-0.39, 0.29) is 0 Å². The highest BCUT2D eigenvalue weighted by Crippen LogP contribution is 2.25. The van der Waals surface area contributed by atoms with E-state index in [1.807, 2.05) is 0 Å². The van der Waals surface area contributed by atoms with Gasteiger partial charge >= 0.3 is 0 Å². The second-order valence-corrected chi connectivity index (χ2v) is 4.95. The number of nitrogens with zero attached hydrogens (tertiary/aromatic N) is 1. The molecule has 1 aliphatic heterocycles. The molecule has 0 aromatic rings. The van der Waals surface area contributed by atoms with Gasteiger partial charge in [0.05, 0.1) is 0 Å². The smallest absolute Gasteiger partial charge is 0.0113 e. The summed E-state index contributed by atoms with van der Waals surface area (Å²) in [5, 5.41) is 3.61. The van der Waals surface area contributed by atoms with Crippen LogP contribution in [0.15, 0.2) is 0 Å². The fourth-order valence-corrected chi connectivity index (χ4v) is 2.65. The Kier molecular flexibility index (Phi) is 3.45. The van der Waals surface area contributed by atoms with Crippen LogP contribution in [0.3, 0.4) is 0 Å². The molecule has 1 heterocycles. The van der Waals surface area contributed by atoms with Crippen LogP contribution in [0.2, 0.25) is 0 Å². The van der Waals surface area contributed by atoms with Crippen molar-refractivity contribution in [2.24, 2.45) is 0 Å². The van der Waals surface area contributed by atoms with Crippen LogP contribution in [0.1, 0.15) is 46.0 Å². The molecule has 0 bridgehead atoms. The summed E-state index contributed by atoms with van der Waals surface area (Å²) in [6.45, 7) is 7.17. The molecule has 0 aromatic carbocycles. The Balaban J connectivity index is 1.70. The lowest BCUT2D eigenvalue weighted by atomic mass is 10.1. The molecule has 0 aromatic heterocycles. The first-order valence-corrected chi connectivity index (χ1v) is 6.30. The number of hydrogen-bond acceptors (Lipinski definition) is 2. The third kappa shape index (κ3) is 2.48. The average Bonchev–Trinajstić information content (AvgIpc) is 2.93. The molecule has 0 radical (unpaired) electrons. The molecule has 1 N–H and O–H groups in total. The van der Waals surface area contributed by atoms with Crippen LogP contribution in [0.5, 0.6) is 0 Å². The van der Waals surface area contributed by atoms with E-state index in [2.05, 4.69) is 24.1 Å². The van der Waals surface area contributed by atoms with E-state index in [1.54, 1.807) is 0 Å². The van der Waals surface area contributed by atoms with Crippen LogP contribution in [0, 0.1) is 0 Å². The largest absolute Gasteiger partial charge is 0.313 e. The molecule has 2 rings (SSSR count). The van der Waals surface area contributed by atoms with Gasteiger partial charge in [0.1, 0.15) is 0 Å². The van der Waals surface area contributed by atoms with Crippen molar-refractivity contribution in [1.82, 2.24) is 10.2 Å². The van der Waals surface area contributed by atoms with Gasteiger partial charge in [-0.2, -0.15) is 0 Å². The van der Waals surface area contributed by atoms with Crippen LogP contribution in [-0.2, 0) is 0 Å². The van der Waals surface area contributed by atoms with Crippen LogP contribution >= 0.6 is 0 Å². The van der Waals surface area contributed by atoms with Crippen molar-refractivity contribution >= 4 is 0 Å². The molecule has 2 aliphatic rings. The molecule has 14 heavy (non-hydrogen) atoms. The summed E-state index contributed by atoms with van der Waals surface area (Å²) in [4.78, 5) is 2.70. The maximum Gasteiger partial charge on any atom is 0.0113 e. The molecule has 2 heteroatoms. The van der Waals surface area contributed by atoms with Gasteiger partial charge in [0.15, 0.2) is 0 Å². The SMILES string of the molecule is CCC1CCC(C)N1CCNC1CC1. The van der Waals surface area contributed by atoms with Gasteiger partial charge in [-0.05, 0) is 39.0 Å². The Morgan fingerprint density at radius 2 is 2.00 bits per heavy atom. The number of rotatable bonds is 5. The highest BCUT2D eigenvalue weighted by molar-refractivity contribution is 4.86. The molecule has 1 aliphatic carbocycles. The Bertz CT molecular complexity index is 177. The van der Waals surface area contributed by atoms with E-state index in [1.165, 1.54) is 45.2 Å². The van der Waals surface area contributed by atoms with E-state index in [0.29, 0.717) is 0 Å². The summed E-state index contributed by atoms with van der Waals surface area (Å²) in [7, 11) is 0. The fourth-order valence-electron chi connectivity index (χ4n) is 2.65. The van der Waals surface area contributed by atoms with E-state index >= 15 is 0 Å². The topological polar surface area (TPSA) is 15.3 Å². The minimum Gasteiger partial charge on any atom is -0.313 e. The van der Waals surface area contributed by atoms with Crippen LogP contribution in [-0.4, -0.2) is 36.1 Å². The number of likely N-dealkylation sites (tertiary alicyclic amines) is 1. The maximum absolute atomic E-state index is 3.61. The van der Waals surface area contributed by atoms with E-state index < -0.39 is 0 Å². The molecule has 0 spiro atoms. The lowest BCUT2D eigenvalue weighted by molar-refractivity contribution is 0.199. The van der Waals surface area contributed by atoms with E-state index in [0.717, 1.165) is 18.1 Å². The predicted octanol–water partition coefficient (Wildman–Crippen LogP) is 2.00. The summed E-state index contributed by atoms with van der Waals surface area (Å²) in [5.74, 6) is 0. The number of hydrogen-bond donors (Lipinski definition) is 1. The maximum atomic E-state index is 3.61. The molecule has 1 saturated carbocycles. The van der Waals surface area contributed by atoms with Crippen LogP contribution < -0.4 is 5.32 Å². The zero-order chi connectivity index (χ0) is 9.97. The van der Waals surface area contributed by atoms with Crippen molar-refractivity contribution in [2.75, 3.05) is 13.1 Å². The highest BCUT2D eigenvalue weighted by atomic mass is 15.2. The summed E-state index contributed by atoms with van der Waals surface area (Å²) < 4.78 is 0. The molecule has 82 valence electrons. The summed E-state index contributed by atoms with van der Waals surface area (Å²) in [6, 6.07) is 2.56. The van der Waals surface area contributed by atoms with E-state index in [4.69, 9.17) is 0 Å². The molecule has 2 fully saturated rings. The normalized spacial score (nSPS) is 33.9. The molecular weight excluding hydrogens is 172 g/mol.